The Bertz CT molecular complexity index is 482. The molecular formula is C12H19ClN4O3. The normalized spacial score (nSPS) is 10.9. The van der Waals surface area contributed by atoms with Gasteiger partial charge in [-0.05, 0) is 12.1 Å². The highest BCUT2D eigenvalue weighted by atomic mass is 35.5. The Hall–Kier alpha value is -1.99. The Morgan fingerprint density at radius 2 is 2.00 bits per heavy atom. The summed E-state index contributed by atoms with van der Waals surface area (Å²) >= 11 is 0. The molecule has 8 heteroatoms. The Morgan fingerprint density at radius 3 is 2.50 bits per heavy atom. The molecule has 0 saturated heterocycles. The van der Waals surface area contributed by atoms with Crippen LogP contribution in [-0.4, -0.2) is 25.6 Å². The van der Waals surface area contributed by atoms with E-state index in [1.165, 1.54) is 7.11 Å². The molecule has 0 aliphatic carbocycles. The maximum Gasteiger partial charge on any atom is 0.316 e. The van der Waals surface area contributed by atoms with E-state index in [0.29, 0.717) is 17.1 Å². The number of nitrogens with one attached hydrogen (secondary N) is 2. The minimum absolute atomic E-state index is 0. The summed E-state index contributed by atoms with van der Waals surface area (Å²) in [5.41, 5.74) is 11.4. The van der Waals surface area contributed by atoms with E-state index in [1.54, 1.807) is 25.1 Å². The summed E-state index contributed by atoms with van der Waals surface area (Å²) in [6, 6.07) is 4.13. The van der Waals surface area contributed by atoms with Gasteiger partial charge < -0.3 is 26.8 Å². The van der Waals surface area contributed by atoms with Gasteiger partial charge in [0.15, 0.2) is 0 Å². The molecule has 1 rings (SSSR count). The van der Waals surface area contributed by atoms with Gasteiger partial charge in [0, 0.05) is 24.2 Å². The average molecular weight is 303 g/mol. The number of anilines is 2. The first-order chi connectivity index (χ1) is 8.97. The molecule has 1 aromatic rings. The predicted octanol–water partition coefficient (Wildman–Crippen LogP) is 1.14. The van der Waals surface area contributed by atoms with E-state index >= 15 is 0 Å². The van der Waals surface area contributed by atoms with Crippen LogP contribution >= 0.6 is 12.4 Å². The number of carbonyl (C=O) groups excluding carboxylic acids is 2. The first kappa shape index (κ1) is 18.0. The molecule has 3 amide bonds. The highest BCUT2D eigenvalue weighted by Crippen LogP contribution is 2.27. The third-order valence-corrected chi connectivity index (χ3v) is 2.53. The lowest BCUT2D eigenvalue weighted by molar-refractivity contribution is -0.119. The second kappa shape index (κ2) is 8.23. The molecule has 0 fully saturated rings. The molecule has 1 unspecified atom stereocenters. The highest BCUT2D eigenvalue weighted by molar-refractivity contribution is 5.94. The van der Waals surface area contributed by atoms with E-state index in [4.69, 9.17) is 16.2 Å². The summed E-state index contributed by atoms with van der Waals surface area (Å²) in [6.45, 7) is 2.00. The van der Waals surface area contributed by atoms with Gasteiger partial charge in [-0.2, -0.15) is 0 Å². The van der Waals surface area contributed by atoms with E-state index in [1.807, 2.05) is 0 Å². The summed E-state index contributed by atoms with van der Waals surface area (Å²) in [5.74, 6) is -0.0634. The summed E-state index contributed by atoms with van der Waals surface area (Å²) in [6.07, 6.45) is 0. The molecule has 0 radical (unpaired) electrons. The van der Waals surface area contributed by atoms with Gasteiger partial charge in [-0.25, -0.2) is 4.79 Å². The maximum absolute atomic E-state index is 11.7. The number of methoxy groups -OCH3 is 1. The number of primary amides is 1. The van der Waals surface area contributed by atoms with Crippen LogP contribution in [0.25, 0.3) is 0 Å². The number of carbonyl (C=O) groups is 2. The predicted molar refractivity (Wildman–Crippen MR) is 80.3 cm³/mol. The van der Waals surface area contributed by atoms with Crippen LogP contribution in [0, 0.1) is 5.92 Å². The Morgan fingerprint density at radius 1 is 1.35 bits per heavy atom. The molecule has 112 valence electrons. The quantitative estimate of drug-likeness (QED) is 0.652. The Kier molecular flexibility index (Phi) is 7.42. The summed E-state index contributed by atoms with van der Waals surface area (Å²) in [5, 5.41) is 5.12. The van der Waals surface area contributed by atoms with E-state index in [0.717, 1.165) is 0 Å². The van der Waals surface area contributed by atoms with Crippen molar-refractivity contribution in [2.24, 2.45) is 17.4 Å². The SMILES string of the molecule is COc1cc(NC(=O)C(C)CN)ccc1NC(N)=O.Cl. The first-order valence-electron chi connectivity index (χ1n) is 5.73. The number of hydrogen-bond donors (Lipinski definition) is 4. The van der Waals surface area contributed by atoms with Crippen LogP contribution in [0.3, 0.4) is 0 Å². The van der Waals surface area contributed by atoms with E-state index in [9.17, 15) is 9.59 Å². The van der Waals surface area contributed by atoms with Gasteiger partial charge in [-0.3, -0.25) is 4.79 Å². The molecule has 0 aromatic heterocycles. The summed E-state index contributed by atoms with van der Waals surface area (Å²) < 4.78 is 5.11. The van der Waals surface area contributed by atoms with Crippen molar-refractivity contribution < 1.29 is 14.3 Å². The molecule has 0 bridgehead atoms. The number of rotatable bonds is 5. The first-order valence-corrected chi connectivity index (χ1v) is 5.73. The molecule has 1 aromatic carbocycles. The lowest BCUT2D eigenvalue weighted by Gasteiger charge is -2.13. The molecule has 0 aliphatic rings. The largest absolute Gasteiger partial charge is 0.494 e. The fraction of sp³-hybridized carbons (Fsp3) is 0.333. The van der Waals surface area contributed by atoms with Crippen molar-refractivity contribution in [2.75, 3.05) is 24.3 Å². The second-order valence-electron chi connectivity index (χ2n) is 4.03. The Balaban J connectivity index is 0.00000361. The molecule has 0 aliphatic heterocycles. The van der Waals surface area contributed by atoms with Crippen molar-refractivity contribution in [1.29, 1.82) is 0 Å². The lowest BCUT2D eigenvalue weighted by atomic mass is 10.1. The van der Waals surface area contributed by atoms with Crippen molar-refractivity contribution in [3.63, 3.8) is 0 Å². The molecule has 1 atom stereocenters. The van der Waals surface area contributed by atoms with E-state index < -0.39 is 6.03 Å². The van der Waals surface area contributed by atoms with Gasteiger partial charge in [-0.1, -0.05) is 6.92 Å². The van der Waals surface area contributed by atoms with Gasteiger partial charge in [0.25, 0.3) is 0 Å². The van der Waals surface area contributed by atoms with Gasteiger partial charge in [0.05, 0.1) is 12.8 Å². The van der Waals surface area contributed by atoms with E-state index in [-0.39, 0.29) is 30.8 Å². The number of ether oxygens (including phenoxy) is 1. The third-order valence-electron chi connectivity index (χ3n) is 2.53. The number of halogens is 1. The monoisotopic (exact) mass is 302 g/mol. The van der Waals surface area contributed by atoms with Crippen molar-refractivity contribution in [2.45, 2.75) is 6.92 Å². The number of nitrogens with two attached hydrogens (primary N) is 2. The summed E-state index contributed by atoms with van der Waals surface area (Å²) in [7, 11) is 1.45. The fourth-order valence-corrected chi connectivity index (χ4v) is 1.38. The molecule has 6 N–H and O–H groups in total. The molecule has 0 saturated carbocycles. The van der Waals surface area contributed by atoms with Gasteiger partial charge >= 0.3 is 6.03 Å². The van der Waals surface area contributed by atoms with E-state index in [2.05, 4.69) is 10.6 Å². The molecule has 7 nitrogen and oxygen atoms in total. The minimum atomic E-state index is -0.688. The number of benzene rings is 1. The van der Waals surface area contributed by atoms with Crippen LogP contribution in [0.5, 0.6) is 5.75 Å². The van der Waals surface area contributed by atoms with Crippen LogP contribution < -0.4 is 26.8 Å². The van der Waals surface area contributed by atoms with Gasteiger partial charge in [-0.15, -0.1) is 12.4 Å². The Labute approximate surface area is 123 Å². The van der Waals surface area contributed by atoms with Crippen molar-refractivity contribution in [3.8, 4) is 5.75 Å². The molecule has 0 spiro atoms. The molecule has 0 heterocycles. The van der Waals surface area contributed by atoms with Gasteiger partial charge in [0.1, 0.15) is 5.75 Å². The fourth-order valence-electron chi connectivity index (χ4n) is 1.38. The average Bonchev–Trinajstić information content (AvgIpc) is 2.38. The van der Waals surface area contributed by atoms with Crippen LogP contribution in [-0.2, 0) is 4.79 Å². The number of urea groups is 1. The zero-order chi connectivity index (χ0) is 14.4. The zero-order valence-corrected chi connectivity index (χ0v) is 12.1. The van der Waals surface area contributed by atoms with Crippen LogP contribution in [0.1, 0.15) is 6.92 Å². The lowest BCUT2D eigenvalue weighted by Crippen LogP contribution is -2.26. The van der Waals surface area contributed by atoms with Crippen molar-refractivity contribution in [1.82, 2.24) is 0 Å². The van der Waals surface area contributed by atoms with Gasteiger partial charge in [0.2, 0.25) is 5.91 Å². The molecule has 20 heavy (non-hydrogen) atoms. The van der Waals surface area contributed by atoms with Crippen LogP contribution in [0.4, 0.5) is 16.2 Å². The second-order valence-corrected chi connectivity index (χ2v) is 4.03. The van der Waals surface area contributed by atoms with Crippen molar-refractivity contribution in [3.05, 3.63) is 18.2 Å². The molecular weight excluding hydrogens is 284 g/mol. The maximum atomic E-state index is 11.7. The minimum Gasteiger partial charge on any atom is -0.494 e. The number of hydrogen-bond acceptors (Lipinski definition) is 4. The zero-order valence-electron chi connectivity index (χ0n) is 11.3. The standard InChI is InChI=1S/C12H18N4O3.ClH/c1-7(6-13)11(17)15-8-3-4-9(16-12(14)18)10(5-8)19-2;/h3-5,7H,6,13H2,1-2H3,(H,15,17)(H3,14,16,18);1H. The smallest absolute Gasteiger partial charge is 0.316 e. The topological polar surface area (TPSA) is 119 Å². The summed E-state index contributed by atoms with van der Waals surface area (Å²) in [4.78, 5) is 22.5. The van der Waals surface area contributed by atoms with Crippen LogP contribution in [0.2, 0.25) is 0 Å². The number of amides is 3. The third kappa shape index (κ3) is 4.94. The highest BCUT2D eigenvalue weighted by Gasteiger charge is 2.12. The van der Waals surface area contributed by atoms with Crippen LogP contribution in [0.15, 0.2) is 18.2 Å². The van der Waals surface area contributed by atoms with Crippen molar-refractivity contribution >= 4 is 35.7 Å².